The fraction of sp³-hybridized carbons (Fsp3) is 0.308. The average molecular weight is 491 g/mol. The Hall–Kier alpha value is -4.21. The Morgan fingerprint density at radius 1 is 1.19 bits per heavy atom. The predicted octanol–water partition coefficient (Wildman–Crippen LogP) is 3.99. The second-order valence-electron chi connectivity index (χ2n) is 8.61. The molecule has 9 nitrogen and oxygen atoms in total. The van der Waals surface area contributed by atoms with Crippen LogP contribution in [0.15, 0.2) is 48.5 Å². The van der Waals surface area contributed by atoms with Crippen LogP contribution in [0, 0.1) is 11.7 Å². The molecular formula is C26H27FN6O3. The highest BCUT2D eigenvalue weighted by Crippen LogP contribution is 2.34. The van der Waals surface area contributed by atoms with Gasteiger partial charge in [-0.3, -0.25) is 4.79 Å². The number of anilines is 2. The van der Waals surface area contributed by atoms with Crippen LogP contribution in [0.2, 0.25) is 0 Å². The van der Waals surface area contributed by atoms with E-state index in [1.165, 1.54) is 12.1 Å². The Kier molecular flexibility index (Phi) is 6.41. The zero-order valence-electron chi connectivity index (χ0n) is 20.1. The van der Waals surface area contributed by atoms with Crippen molar-refractivity contribution < 1.29 is 18.7 Å². The number of hydrogen-bond acceptors (Lipinski definition) is 8. The van der Waals surface area contributed by atoms with Gasteiger partial charge in [0, 0.05) is 18.7 Å². The maximum atomic E-state index is 14.2. The van der Waals surface area contributed by atoms with Crippen LogP contribution in [-0.4, -0.2) is 52.5 Å². The van der Waals surface area contributed by atoms with Crippen molar-refractivity contribution in [1.29, 1.82) is 0 Å². The number of methoxy groups -OCH3 is 1. The van der Waals surface area contributed by atoms with Gasteiger partial charge >= 0.3 is 5.97 Å². The van der Waals surface area contributed by atoms with E-state index < -0.39 is 0 Å². The Labute approximate surface area is 207 Å². The van der Waals surface area contributed by atoms with E-state index in [0.29, 0.717) is 59.5 Å². The van der Waals surface area contributed by atoms with Crippen LogP contribution in [0.3, 0.4) is 0 Å². The number of carbonyl (C=O) groups is 1. The summed E-state index contributed by atoms with van der Waals surface area (Å²) in [6.45, 7) is 3.24. The minimum absolute atomic E-state index is 0.221. The number of carbonyl (C=O) groups excluding carboxylic acids is 1. The Morgan fingerprint density at radius 2 is 2.00 bits per heavy atom. The van der Waals surface area contributed by atoms with Crippen molar-refractivity contribution in [3.05, 3.63) is 54.3 Å². The van der Waals surface area contributed by atoms with Crippen molar-refractivity contribution in [2.24, 2.45) is 5.92 Å². The molecule has 2 aromatic heterocycles. The molecule has 2 N–H and O–H groups in total. The highest BCUT2D eigenvalue weighted by atomic mass is 19.1. The highest BCUT2D eigenvalue weighted by Gasteiger charge is 2.29. The Bertz CT molecular complexity index is 1410. The number of nitrogen functional groups attached to an aromatic ring is 1. The number of aromatic nitrogens is 4. The van der Waals surface area contributed by atoms with Gasteiger partial charge in [-0.05, 0) is 56.2 Å². The van der Waals surface area contributed by atoms with E-state index in [4.69, 9.17) is 25.2 Å². The Balaban J connectivity index is 1.63. The van der Waals surface area contributed by atoms with Gasteiger partial charge < -0.3 is 20.1 Å². The van der Waals surface area contributed by atoms with E-state index in [-0.39, 0.29) is 17.7 Å². The molecule has 0 spiro atoms. The molecule has 0 saturated carbocycles. The molecule has 1 fully saturated rings. The highest BCUT2D eigenvalue weighted by molar-refractivity contribution is 5.99. The second-order valence-corrected chi connectivity index (χ2v) is 8.61. The Morgan fingerprint density at radius 3 is 2.72 bits per heavy atom. The topological polar surface area (TPSA) is 108 Å². The van der Waals surface area contributed by atoms with Gasteiger partial charge in [0.1, 0.15) is 17.4 Å². The number of rotatable bonds is 6. The molecule has 1 saturated heterocycles. The number of piperidine rings is 1. The zero-order chi connectivity index (χ0) is 25.2. The minimum atomic E-state index is -0.387. The number of nitrogens with zero attached hydrogens (tertiary/aromatic N) is 5. The van der Waals surface area contributed by atoms with E-state index in [2.05, 4.69) is 5.10 Å². The van der Waals surface area contributed by atoms with Crippen molar-refractivity contribution >= 4 is 28.8 Å². The van der Waals surface area contributed by atoms with Gasteiger partial charge in [0.25, 0.3) is 0 Å². The van der Waals surface area contributed by atoms with E-state index in [1.54, 1.807) is 30.8 Å². The standard InChI is InChI=1S/C26H27FN6O3/c1-3-36-25(34)17-7-5-13-32(15-17)26-29-22(16-6-4-8-18(27)14-16)21-23(28)33(31-24(21)30-26)19-9-11-20(35-2)12-10-19/h4,6,8-12,14,17H,3,5,7,13,15,28H2,1-2H3. The first kappa shape index (κ1) is 23.5. The summed E-state index contributed by atoms with van der Waals surface area (Å²) in [5.74, 6) is 0.582. The number of nitrogens with two attached hydrogens (primary N) is 1. The average Bonchev–Trinajstić information content (AvgIpc) is 3.24. The van der Waals surface area contributed by atoms with Gasteiger partial charge in [-0.25, -0.2) is 14.1 Å². The maximum Gasteiger partial charge on any atom is 0.310 e. The summed E-state index contributed by atoms with van der Waals surface area (Å²) in [5.41, 5.74) is 8.70. The second kappa shape index (κ2) is 9.80. The monoisotopic (exact) mass is 490 g/mol. The number of esters is 1. The number of ether oxygens (including phenoxy) is 2. The normalized spacial score (nSPS) is 15.8. The summed E-state index contributed by atoms with van der Waals surface area (Å²) in [6.07, 6.45) is 1.54. The molecule has 5 rings (SSSR count). The summed E-state index contributed by atoms with van der Waals surface area (Å²) in [6, 6.07) is 13.5. The van der Waals surface area contributed by atoms with E-state index in [9.17, 15) is 9.18 Å². The third-order valence-electron chi connectivity index (χ3n) is 6.30. The lowest BCUT2D eigenvalue weighted by molar-refractivity contribution is -0.148. The van der Waals surface area contributed by atoms with Crippen LogP contribution in [0.5, 0.6) is 5.75 Å². The third-order valence-corrected chi connectivity index (χ3v) is 6.30. The third kappa shape index (κ3) is 4.41. The lowest BCUT2D eigenvalue weighted by atomic mass is 9.98. The van der Waals surface area contributed by atoms with Crippen molar-refractivity contribution in [2.45, 2.75) is 19.8 Å². The van der Waals surface area contributed by atoms with Crippen LogP contribution in [0.25, 0.3) is 28.0 Å². The summed E-state index contributed by atoms with van der Waals surface area (Å²) in [7, 11) is 1.60. The number of fused-ring (bicyclic) bond motifs is 1. The molecule has 1 aliphatic heterocycles. The fourth-order valence-electron chi connectivity index (χ4n) is 4.52. The molecule has 1 unspecified atom stereocenters. The summed E-state index contributed by atoms with van der Waals surface area (Å²) in [5, 5.41) is 5.20. The molecule has 0 bridgehead atoms. The van der Waals surface area contributed by atoms with Gasteiger partial charge in [0.2, 0.25) is 5.95 Å². The lowest BCUT2D eigenvalue weighted by Gasteiger charge is -2.31. The first-order valence-electron chi connectivity index (χ1n) is 11.9. The van der Waals surface area contributed by atoms with Crippen LogP contribution in [-0.2, 0) is 9.53 Å². The van der Waals surface area contributed by atoms with E-state index in [0.717, 1.165) is 18.5 Å². The SMILES string of the molecule is CCOC(=O)C1CCCN(c2nc(-c3cccc(F)c3)c3c(N)n(-c4ccc(OC)cc4)nc3n2)C1. The van der Waals surface area contributed by atoms with Gasteiger partial charge in [-0.1, -0.05) is 12.1 Å². The molecule has 0 radical (unpaired) electrons. The largest absolute Gasteiger partial charge is 0.497 e. The van der Waals surface area contributed by atoms with Crippen molar-refractivity contribution in [1.82, 2.24) is 19.7 Å². The summed E-state index contributed by atoms with van der Waals surface area (Å²) < 4.78 is 26.3. The molecule has 10 heteroatoms. The minimum Gasteiger partial charge on any atom is -0.497 e. The maximum absolute atomic E-state index is 14.2. The van der Waals surface area contributed by atoms with Gasteiger partial charge in [0.15, 0.2) is 5.65 Å². The molecule has 4 aromatic rings. The van der Waals surface area contributed by atoms with Crippen LogP contribution < -0.4 is 15.4 Å². The number of benzene rings is 2. The van der Waals surface area contributed by atoms with Crippen molar-refractivity contribution in [3.8, 4) is 22.7 Å². The molecule has 0 amide bonds. The van der Waals surface area contributed by atoms with Crippen molar-refractivity contribution in [2.75, 3.05) is 37.4 Å². The summed E-state index contributed by atoms with van der Waals surface area (Å²) >= 11 is 0. The molecule has 3 heterocycles. The van der Waals surface area contributed by atoms with Gasteiger partial charge in [-0.15, -0.1) is 5.10 Å². The molecule has 2 aromatic carbocycles. The number of halogens is 1. The number of hydrogen-bond donors (Lipinski definition) is 1. The molecule has 1 atom stereocenters. The van der Waals surface area contributed by atoms with Crippen LogP contribution >= 0.6 is 0 Å². The smallest absolute Gasteiger partial charge is 0.310 e. The quantitative estimate of drug-likeness (QED) is 0.404. The molecule has 0 aliphatic carbocycles. The lowest BCUT2D eigenvalue weighted by Crippen LogP contribution is -2.40. The van der Waals surface area contributed by atoms with Crippen LogP contribution in [0.1, 0.15) is 19.8 Å². The van der Waals surface area contributed by atoms with Crippen LogP contribution in [0.4, 0.5) is 16.2 Å². The predicted molar refractivity (Wildman–Crippen MR) is 135 cm³/mol. The van der Waals surface area contributed by atoms with E-state index >= 15 is 0 Å². The van der Waals surface area contributed by atoms with Gasteiger partial charge in [0.05, 0.1) is 36.4 Å². The molecule has 36 heavy (non-hydrogen) atoms. The first-order valence-corrected chi connectivity index (χ1v) is 11.9. The zero-order valence-corrected chi connectivity index (χ0v) is 20.1. The molecule has 1 aliphatic rings. The summed E-state index contributed by atoms with van der Waals surface area (Å²) in [4.78, 5) is 23.9. The van der Waals surface area contributed by atoms with Gasteiger partial charge in [-0.2, -0.15) is 4.98 Å². The first-order chi connectivity index (χ1) is 17.5. The molecule has 186 valence electrons. The fourth-order valence-corrected chi connectivity index (χ4v) is 4.52. The van der Waals surface area contributed by atoms with Crippen molar-refractivity contribution in [3.63, 3.8) is 0 Å². The van der Waals surface area contributed by atoms with E-state index in [1.807, 2.05) is 29.2 Å². The molecular weight excluding hydrogens is 463 g/mol.